The molecular weight excluding hydrogens is 268 g/mol. The van der Waals surface area contributed by atoms with Gasteiger partial charge < -0.3 is 0 Å². The van der Waals surface area contributed by atoms with E-state index in [1.54, 1.807) is 0 Å². The minimum Gasteiger partial charge on any atom is -0.292 e. The Bertz CT molecular complexity index is 556. The van der Waals surface area contributed by atoms with Gasteiger partial charge in [-0.2, -0.15) is 0 Å². The van der Waals surface area contributed by atoms with Gasteiger partial charge in [0.25, 0.3) is 0 Å². The molecule has 1 aliphatic rings. The SMILES string of the molecule is Clc1cccc(CN2CCCC[C@@H]2c2cccnc2)c1. The van der Waals surface area contributed by atoms with E-state index in [1.807, 2.05) is 30.6 Å². The molecule has 1 fully saturated rings. The van der Waals surface area contributed by atoms with E-state index in [0.717, 1.165) is 18.1 Å². The first-order valence-corrected chi connectivity index (χ1v) is 7.59. The van der Waals surface area contributed by atoms with Crippen molar-refractivity contribution in [2.45, 2.75) is 31.8 Å². The van der Waals surface area contributed by atoms with E-state index in [1.165, 1.54) is 30.4 Å². The van der Waals surface area contributed by atoms with Gasteiger partial charge in [0.2, 0.25) is 0 Å². The second kappa shape index (κ2) is 6.38. The fraction of sp³-hybridized carbons (Fsp3) is 0.353. The summed E-state index contributed by atoms with van der Waals surface area (Å²) in [5, 5.41) is 0.817. The Labute approximate surface area is 125 Å². The van der Waals surface area contributed by atoms with Crippen molar-refractivity contribution in [1.29, 1.82) is 0 Å². The van der Waals surface area contributed by atoms with Gasteiger partial charge in [0.1, 0.15) is 0 Å². The summed E-state index contributed by atoms with van der Waals surface area (Å²) in [7, 11) is 0. The summed E-state index contributed by atoms with van der Waals surface area (Å²) in [5.74, 6) is 0. The Morgan fingerprint density at radius 2 is 2.15 bits per heavy atom. The van der Waals surface area contributed by atoms with Crippen LogP contribution in [0.4, 0.5) is 0 Å². The van der Waals surface area contributed by atoms with Gasteiger partial charge >= 0.3 is 0 Å². The molecule has 0 aliphatic carbocycles. The summed E-state index contributed by atoms with van der Waals surface area (Å²) in [5.41, 5.74) is 2.61. The zero-order chi connectivity index (χ0) is 13.8. The number of nitrogens with zero attached hydrogens (tertiary/aromatic N) is 2. The van der Waals surface area contributed by atoms with Crippen molar-refractivity contribution >= 4 is 11.6 Å². The van der Waals surface area contributed by atoms with Crippen LogP contribution in [0.5, 0.6) is 0 Å². The first-order valence-electron chi connectivity index (χ1n) is 7.21. The fourth-order valence-corrected chi connectivity index (χ4v) is 3.21. The Kier molecular flexibility index (Phi) is 4.34. The minimum absolute atomic E-state index is 0.483. The largest absolute Gasteiger partial charge is 0.292 e. The van der Waals surface area contributed by atoms with Crippen LogP contribution in [0.2, 0.25) is 5.02 Å². The number of aromatic nitrogens is 1. The Balaban J connectivity index is 1.79. The van der Waals surface area contributed by atoms with Crippen molar-refractivity contribution in [2.75, 3.05) is 6.54 Å². The number of hydrogen-bond acceptors (Lipinski definition) is 2. The highest BCUT2D eigenvalue weighted by Crippen LogP contribution is 2.31. The molecule has 1 atom stereocenters. The molecule has 2 nitrogen and oxygen atoms in total. The lowest BCUT2D eigenvalue weighted by Gasteiger charge is -2.36. The van der Waals surface area contributed by atoms with E-state index in [2.05, 4.69) is 28.1 Å². The van der Waals surface area contributed by atoms with E-state index >= 15 is 0 Å². The van der Waals surface area contributed by atoms with Crippen molar-refractivity contribution in [1.82, 2.24) is 9.88 Å². The third-order valence-electron chi connectivity index (χ3n) is 3.96. The quantitative estimate of drug-likeness (QED) is 0.828. The van der Waals surface area contributed by atoms with Crippen LogP contribution in [0.3, 0.4) is 0 Å². The van der Waals surface area contributed by atoms with Gasteiger partial charge in [0.15, 0.2) is 0 Å². The predicted octanol–water partition coefficient (Wildman–Crippen LogP) is 4.46. The third kappa shape index (κ3) is 3.20. The van der Waals surface area contributed by atoms with E-state index in [0.29, 0.717) is 6.04 Å². The maximum Gasteiger partial charge on any atom is 0.0409 e. The van der Waals surface area contributed by atoms with Crippen LogP contribution < -0.4 is 0 Å². The van der Waals surface area contributed by atoms with Gasteiger partial charge in [-0.3, -0.25) is 9.88 Å². The monoisotopic (exact) mass is 286 g/mol. The summed E-state index contributed by atoms with van der Waals surface area (Å²) in [6, 6.07) is 12.9. The van der Waals surface area contributed by atoms with Crippen LogP contribution in [0.25, 0.3) is 0 Å². The Morgan fingerprint density at radius 1 is 1.20 bits per heavy atom. The van der Waals surface area contributed by atoms with E-state index in [9.17, 15) is 0 Å². The first-order chi connectivity index (χ1) is 9.83. The highest BCUT2D eigenvalue weighted by atomic mass is 35.5. The van der Waals surface area contributed by atoms with Crippen molar-refractivity contribution in [2.24, 2.45) is 0 Å². The highest BCUT2D eigenvalue weighted by molar-refractivity contribution is 6.30. The molecular formula is C17H19ClN2. The molecule has 20 heavy (non-hydrogen) atoms. The molecule has 104 valence electrons. The number of pyridine rings is 1. The average Bonchev–Trinajstić information content (AvgIpc) is 2.49. The molecule has 2 aromatic rings. The fourth-order valence-electron chi connectivity index (χ4n) is 3.00. The van der Waals surface area contributed by atoms with Crippen molar-refractivity contribution in [3.8, 4) is 0 Å². The van der Waals surface area contributed by atoms with Gasteiger partial charge in [0.05, 0.1) is 0 Å². The molecule has 1 aromatic carbocycles. The summed E-state index contributed by atoms with van der Waals surface area (Å²) >= 11 is 6.09. The molecule has 1 saturated heterocycles. The van der Waals surface area contributed by atoms with Crippen LogP contribution >= 0.6 is 11.6 Å². The summed E-state index contributed by atoms with van der Waals surface area (Å²) in [6.07, 6.45) is 7.63. The van der Waals surface area contributed by atoms with Crippen molar-refractivity contribution in [3.05, 3.63) is 64.9 Å². The Hall–Kier alpha value is -1.38. The zero-order valence-corrected chi connectivity index (χ0v) is 12.3. The molecule has 0 amide bonds. The van der Waals surface area contributed by atoms with Crippen LogP contribution in [-0.2, 0) is 6.54 Å². The third-order valence-corrected chi connectivity index (χ3v) is 4.19. The standard InChI is InChI=1S/C17H19ClN2/c18-16-7-3-5-14(11-16)13-20-10-2-1-8-17(20)15-6-4-9-19-12-15/h3-7,9,11-12,17H,1-2,8,10,13H2/t17-/m1/s1. The molecule has 0 saturated carbocycles. The van der Waals surface area contributed by atoms with Crippen LogP contribution in [0, 0.1) is 0 Å². The maximum absolute atomic E-state index is 6.09. The van der Waals surface area contributed by atoms with Gasteiger partial charge in [-0.1, -0.05) is 36.2 Å². The Morgan fingerprint density at radius 3 is 2.95 bits per heavy atom. The smallest absolute Gasteiger partial charge is 0.0409 e. The molecule has 0 bridgehead atoms. The molecule has 0 radical (unpaired) electrons. The molecule has 0 unspecified atom stereocenters. The molecule has 3 rings (SSSR count). The molecule has 0 spiro atoms. The zero-order valence-electron chi connectivity index (χ0n) is 11.5. The van der Waals surface area contributed by atoms with E-state index in [4.69, 9.17) is 11.6 Å². The number of piperidine rings is 1. The number of benzene rings is 1. The summed E-state index contributed by atoms with van der Waals surface area (Å²) < 4.78 is 0. The van der Waals surface area contributed by atoms with Crippen molar-refractivity contribution < 1.29 is 0 Å². The number of halogens is 1. The van der Waals surface area contributed by atoms with Gasteiger partial charge in [0, 0.05) is 30.0 Å². The maximum atomic E-state index is 6.09. The predicted molar refractivity (Wildman–Crippen MR) is 82.7 cm³/mol. The second-order valence-electron chi connectivity index (χ2n) is 5.40. The lowest BCUT2D eigenvalue weighted by Crippen LogP contribution is -2.32. The molecule has 0 N–H and O–H groups in total. The lowest BCUT2D eigenvalue weighted by atomic mass is 9.96. The second-order valence-corrected chi connectivity index (χ2v) is 5.83. The van der Waals surface area contributed by atoms with Gasteiger partial charge in [-0.25, -0.2) is 0 Å². The molecule has 3 heteroatoms. The number of likely N-dealkylation sites (tertiary alicyclic amines) is 1. The summed E-state index contributed by atoms with van der Waals surface area (Å²) in [6.45, 7) is 2.10. The molecule has 1 aliphatic heterocycles. The van der Waals surface area contributed by atoms with Gasteiger partial charge in [-0.05, 0) is 48.7 Å². The normalized spacial score (nSPS) is 19.9. The van der Waals surface area contributed by atoms with Gasteiger partial charge in [-0.15, -0.1) is 0 Å². The topological polar surface area (TPSA) is 16.1 Å². The van der Waals surface area contributed by atoms with Crippen LogP contribution in [0.15, 0.2) is 48.8 Å². The number of rotatable bonds is 3. The minimum atomic E-state index is 0.483. The van der Waals surface area contributed by atoms with Crippen LogP contribution in [-0.4, -0.2) is 16.4 Å². The van der Waals surface area contributed by atoms with E-state index < -0.39 is 0 Å². The average molecular weight is 287 g/mol. The molecule has 2 heterocycles. The van der Waals surface area contributed by atoms with Crippen LogP contribution in [0.1, 0.15) is 36.4 Å². The number of hydrogen-bond donors (Lipinski definition) is 0. The molecule has 1 aromatic heterocycles. The van der Waals surface area contributed by atoms with Crippen molar-refractivity contribution in [3.63, 3.8) is 0 Å². The highest BCUT2D eigenvalue weighted by Gasteiger charge is 2.23. The summed E-state index contributed by atoms with van der Waals surface area (Å²) in [4.78, 5) is 6.82. The lowest BCUT2D eigenvalue weighted by molar-refractivity contribution is 0.140. The van der Waals surface area contributed by atoms with E-state index in [-0.39, 0.29) is 0 Å². The first kappa shape index (κ1) is 13.6.